The van der Waals surface area contributed by atoms with Gasteiger partial charge in [0, 0.05) is 43.0 Å². The van der Waals surface area contributed by atoms with Crippen molar-refractivity contribution < 1.29 is 0 Å². The largest absolute Gasteiger partial charge is 0.381 e. The van der Waals surface area contributed by atoms with Gasteiger partial charge in [0.2, 0.25) is 0 Å². The van der Waals surface area contributed by atoms with Gasteiger partial charge >= 0.3 is 0 Å². The van der Waals surface area contributed by atoms with Gasteiger partial charge in [-0.1, -0.05) is 30.3 Å². The number of hydrogen-bond donors (Lipinski definition) is 2. The minimum absolute atomic E-state index is 0.129. The van der Waals surface area contributed by atoms with Crippen molar-refractivity contribution in [3.05, 3.63) is 64.1 Å². The summed E-state index contributed by atoms with van der Waals surface area (Å²) in [6.07, 6.45) is 1.20. The zero-order valence-electron chi connectivity index (χ0n) is 12.6. The molecule has 2 aliphatic rings. The Kier molecular flexibility index (Phi) is 3.47. The third kappa shape index (κ3) is 2.55. The predicted molar refractivity (Wildman–Crippen MR) is 88.2 cm³/mol. The number of fused-ring (bicyclic) bond motifs is 4. The van der Waals surface area contributed by atoms with E-state index in [1.165, 1.54) is 17.7 Å². The molecule has 4 nitrogen and oxygen atoms in total. The van der Waals surface area contributed by atoms with Crippen LogP contribution in [0.5, 0.6) is 0 Å². The molecule has 1 aromatic heterocycles. The van der Waals surface area contributed by atoms with Crippen LogP contribution in [0.4, 0.5) is 5.69 Å². The lowest BCUT2D eigenvalue weighted by Gasteiger charge is -2.37. The van der Waals surface area contributed by atoms with Crippen LogP contribution >= 0.6 is 0 Å². The third-order valence-electron chi connectivity index (χ3n) is 4.80. The van der Waals surface area contributed by atoms with Gasteiger partial charge in [0.25, 0.3) is 5.56 Å². The molecule has 2 aromatic rings. The van der Waals surface area contributed by atoms with Gasteiger partial charge in [-0.3, -0.25) is 4.79 Å². The number of anilines is 1. The number of hydrogen-bond acceptors (Lipinski definition) is 3. The van der Waals surface area contributed by atoms with Crippen LogP contribution in [0.15, 0.2) is 47.3 Å². The lowest BCUT2D eigenvalue weighted by molar-refractivity contribution is 0.257. The fourth-order valence-corrected chi connectivity index (χ4v) is 3.71. The van der Waals surface area contributed by atoms with E-state index in [0.29, 0.717) is 11.8 Å². The van der Waals surface area contributed by atoms with Crippen molar-refractivity contribution in [2.24, 2.45) is 5.92 Å². The summed E-state index contributed by atoms with van der Waals surface area (Å²) < 4.78 is 1.98. The summed E-state index contributed by atoms with van der Waals surface area (Å²) in [6.45, 7) is 3.63. The molecular weight excluding hydrogens is 274 g/mol. The Bertz CT molecular complexity index is 723. The monoisotopic (exact) mass is 295 g/mol. The number of nitrogens with one attached hydrogen (secondary N) is 2. The molecule has 4 heteroatoms. The fraction of sp³-hybridized carbons (Fsp3) is 0.389. The first-order valence-corrected chi connectivity index (χ1v) is 8.03. The highest BCUT2D eigenvalue weighted by Crippen LogP contribution is 2.32. The molecule has 0 spiro atoms. The van der Waals surface area contributed by atoms with E-state index in [9.17, 15) is 4.79 Å². The average Bonchev–Trinajstić information content (AvgIpc) is 2.55. The first kappa shape index (κ1) is 13.6. The molecule has 2 aliphatic heterocycles. The average molecular weight is 295 g/mol. The van der Waals surface area contributed by atoms with Crippen molar-refractivity contribution in [2.45, 2.75) is 25.4 Å². The number of rotatable bonds is 3. The van der Waals surface area contributed by atoms with Gasteiger partial charge < -0.3 is 15.2 Å². The molecule has 2 atom stereocenters. The van der Waals surface area contributed by atoms with Crippen molar-refractivity contribution in [1.82, 2.24) is 9.88 Å². The molecule has 0 radical (unpaired) electrons. The highest BCUT2D eigenvalue weighted by atomic mass is 16.1. The maximum Gasteiger partial charge on any atom is 0.252 e. The molecular formula is C18H21N3O. The van der Waals surface area contributed by atoms with Gasteiger partial charge in [-0.2, -0.15) is 0 Å². The van der Waals surface area contributed by atoms with Gasteiger partial charge in [-0.15, -0.1) is 0 Å². The standard InChI is InChI=1S/C18H21N3O/c22-18-8-16(20-10-13-4-2-1-3-5-13)7-17-15-6-14(9-19-11-15)12-21(17)18/h1-5,7-8,14-15,19-20H,6,9-12H2/t14?,15-/m1/s1. The number of piperidine rings is 1. The molecule has 1 unspecified atom stereocenters. The van der Waals surface area contributed by atoms with E-state index in [0.717, 1.165) is 31.9 Å². The van der Waals surface area contributed by atoms with Crippen molar-refractivity contribution in [3.63, 3.8) is 0 Å². The first-order chi connectivity index (χ1) is 10.8. The molecule has 1 fully saturated rings. The topological polar surface area (TPSA) is 46.1 Å². The lowest BCUT2D eigenvalue weighted by Crippen LogP contribution is -2.44. The highest BCUT2D eigenvalue weighted by Gasteiger charge is 2.30. The minimum Gasteiger partial charge on any atom is -0.381 e. The summed E-state index contributed by atoms with van der Waals surface area (Å²) in [6, 6.07) is 14.2. The van der Waals surface area contributed by atoms with E-state index in [1.54, 1.807) is 6.07 Å². The van der Waals surface area contributed by atoms with Crippen LogP contribution in [-0.4, -0.2) is 17.7 Å². The van der Waals surface area contributed by atoms with Gasteiger partial charge in [0.05, 0.1) is 0 Å². The Hall–Kier alpha value is -2.07. The summed E-state index contributed by atoms with van der Waals surface area (Å²) in [7, 11) is 0. The predicted octanol–water partition coefficient (Wildman–Crippen LogP) is 2.17. The maximum atomic E-state index is 12.4. The Labute approximate surface area is 130 Å². The van der Waals surface area contributed by atoms with Gasteiger partial charge in [-0.25, -0.2) is 0 Å². The summed E-state index contributed by atoms with van der Waals surface area (Å²) in [5.41, 5.74) is 3.47. The maximum absolute atomic E-state index is 12.4. The summed E-state index contributed by atoms with van der Waals surface area (Å²) in [5, 5.41) is 6.88. The van der Waals surface area contributed by atoms with Crippen LogP contribution in [0.1, 0.15) is 23.6 Å². The smallest absolute Gasteiger partial charge is 0.252 e. The molecule has 2 N–H and O–H groups in total. The zero-order chi connectivity index (χ0) is 14.9. The van der Waals surface area contributed by atoms with Crippen LogP contribution in [0.25, 0.3) is 0 Å². The third-order valence-corrected chi connectivity index (χ3v) is 4.80. The molecule has 114 valence electrons. The number of benzene rings is 1. The van der Waals surface area contributed by atoms with E-state index >= 15 is 0 Å². The second-order valence-corrected chi connectivity index (χ2v) is 6.41. The summed E-state index contributed by atoms with van der Waals surface area (Å²) in [5.74, 6) is 1.07. The molecule has 0 aliphatic carbocycles. The fourth-order valence-electron chi connectivity index (χ4n) is 3.71. The molecule has 22 heavy (non-hydrogen) atoms. The van der Waals surface area contributed by atoms with Crippen molar-refractivity contribution in [2.75, 3.05) is 18.4 Å². The Balaban J connectivity index is 1.60. The van der Waals surface area contributed by atoms with E-state index in [2.05, 4.69) is 28.8 Å². The van der Waals surface area contributed by atoms with Crippen LogP contribution in [0, 0.1) is 5.92 Å². The van der Waals surface area contributed by atoms with E-state index in [-0.39, 0.29) is 5.56 Å². The second-order valence-electron chi connectivity index (χ2n) is 6.41. The quantitative estimate of drug-likeness (QED) is 0.912. The van der Waals surface area contributed by atoms with Crippen molar-refractivity contribution in [1.29, 1.82) is 0 Å². The van der Waals surface area contributed by atoms with Crippen LogP contribution in [0.2, 0.25) is 0 Å². The summed E-state index contributed by atoms with van der Waals surface area (Å²) >= 11 is 0. The van der Waals surface area contributed by atoms with Crippen molar-refractivity contribution >= 4 is 5.69 Å². The summed E-state index contributed by atoms with van der Waals surface area (Å²) in [4.78, 5) is 12.4. The normalized spacial score (nSPS) is 22.9. The van der Waals surface area contributed by atoms with E-state index in [4.69, 9.17) is 0 Å². The second kappa shape index (κ2) is 5.61. The number of pyridine rings is 1. The lowest BCUT2D eigenvalue weighted by atomic mass is 9.84. The molecule has 4 rings (SSSR count). The van der Waals surface area contributed by atoms with E-state index in [1.807, 2.05) is 22.8 Å². The molecule has 1 saturated heterocycles. The van der Waals surface area contributed by atoms with Gasteiger partial charge in [-0.05, 0) is 30.5 Å². The number of nitrogens with zero attached hydrogens (tertiary/aromatic N) is 1. The van der Waals surface area contributed by atoms with Crippen LogP contribution in [0.3, 0.4) is 0 Å². The Morgan fingerprint density at radius 3 is 2.91 bits per heavy atom. The Morgan fingerprint density at radius 2 is 2.05 bits per heavy atom. The minimum atomic E-state index is 0.129. The SMILES string of the molecule is O=c1cc(NCc2ccccc2)cc2n1CC1CNC[C@H]2C1. The Morgan fingerprint density at radius 1 is 1.18 bits per heavy atom. The highest BCUT2D eigenvalue weighted by molar-refractivity contribution is 5.45. The number of aromatic nitrogens is 1. The molecule has 3 heterocycles. The zero-order valence-corrected chi connectivity index (χ0v) is 12.6. The van der Waals surface area contributed by atoms with E-state index < -0.39 is 0 Å². The molecule has 1 aromatic carbocycles. The van der Waals surface area contributed by atoms with Crippen LogP contribution in [-0.2, 0) is 13.1 Å². The van der Waals surface area contributed by atoms with Crippen LogP contribution < -0.4 is 16.2 Å². The van der Waals surface area contributed by atoms with Gasteiger partial charge in [0.1, 0.15) is 0 Å². The molecule has 0 saturated carbocycles. The van der Waals surface area contributed by atoms with Crippen molar-refractivity contribution in [3.8, 4) is 0 Å². The first-order valence-electron chi connectivity index (χ1n) is 8.03. The van der Waals surface area contributed by atoms with Gasteiger partial charge in [0.15, 0.2) is 0 Å². The molecule has 0 amide bonds. The molecule has 2 bridgehead atoms.